The molecule has 2 rings (SSSR count). The summed E-state index contributed by atoms with van der Waals surface area (Å²) in [6, 6.07) is 2.45. The Morgan fingerprint density at radius 2 is 1.93 bits per heavy atom. The fraction of sp³-hybridized carbons (Fsp3) is 0.538. The molecule has 0 aliphatic heterocycles. The zero-order chi connectivity index (χ0) is 11.2. The summed E-state index contributed by atoms with van der Waals surface area (Å²) in [5.74, 6) is 0.659. The summed E-state index contributed by atoms with van der Waals surface area (Å²) < 4.78 is 1.20. The van der Waals surface area contributed by atoms with Gasteiger partial charge in [0.2, 0.25) is 0 Å². The smallest absolute Gasteiger partial charge is 0.0301 e. The number of hydrogen-bond acceptors (Lipinski definition) is 1. The maximum atomic E-state index is 6.23. The number of rotatable bonds is 0. The van der Waals surface area contributed by atoms with Crippen LogP contribution in [0, 0.1) is 13.8 Å². The van der Waals surface area contributed by atoms with E-state index in [9.17, 15) is 0 Å². The summed E-state index contributed by atoms with van der Waals surface area (Å²) in [4.78, 5) is 0. The number of benzene rings is 1. The van der Waals surface area contributed by atoms with Crippen LogP contribution < -0.4 is 5.73 Å². The SMILES string of the molecule is Cc1cc(Br)c(C)c2c1C(C)CC[C@H]2N. The largest absolute Gasteiger partial charge is 0.324 e. The molecule has 0 spiro atoms. The van der Waals surface area contributed by atoms with Gasteiger partial charge in [0.1, 0.15) is 0 Å². The highest BCUT2D eigenvalue weighted by Gasteiger charge is 2.26. The Labute approximate surface area is 100 Å². The highest BCUT2D eigenvalue weighted by atomic mass is 79.9. The first kappa shape index (κ1) is 11.2. The van der Waals surface area contributed by atoms with Gasteiger partial charge in [0, 0.05) is 10.5 Å². The molecule has 2 heteroatoms. The van der Waals surface area contributed by atoms with Crippen LogP contribution in [-0.4, -0.2) is 0 Å². The number of nitrogens with two attached hydrogens (primary N) is 1. The Bertz CT molecular complexity index is 398. The first-order valence-electron chi connectivity index (χ1n) is 5.57. The molecule has 82 valence electrons. The van der Waals surface area contributed by atoms with Gasteiger partial charge in [0.25, 0.3) is 0 Å². The van der Waals surface area contributed by atoms with Crippen LogP contribution in [0.3, 0.4) is 0 Å². The zero-order valence-corrected chi connectivity index (χ0v) is 11.2. The van der Waals surface area contributed by atoms with Crippen LogP contribution in [0.1, 0.15) is 54.0 Å². The van der Waals surface area contributed by atoms with Crippen molar-refractivity contribution in [3.05, 3.63) is 32.8 Å². The summed E-state index contributed by atoms with van der Waals surface area (Å²) in [6.45, 7) is 6.67. The zero-order valence-electron chi connectivity index (χ0n) is 9.60. The first-order valence-corrected chi connectivity index (χ1v) is 6.36. The van der Waals surface area contributed by atoms with E-state index in [4.69, 9.17) is 5.73 Å². The molecule has 0 fully saturated rings. The van der Waals surface area contributed by atoms with E-state index in [1.165, 1.54) is 33.1 Å². The van der Waals surface area contributed by atoms with Crippen molar-refractivity contribution in [1.82, 2.24) is 0 Å². The topological polar surface area (TPSA) is 26.0 Å². The van der Waals surface area contributed by atoms with E-state index < -0.39 is 0 Å². The monoisotopic (exact) mass is 267 g/mol. The molecule has 1 aromatic rings. The molecular formula is C13H18BrN. The minimum absolute atomic E-state index is 0.229. The molecule has 2 atom stereocenters. The van der Waals surface area contributed by atoms with Crippen molar-refractivity contribution < 1.29 is 0 Å². The summed E-state index contributed by atoms with van der Waals surface area (Å²) in [5.41, 5.74) is 11.8. The Morgan fingerprint density at radius 3 is 2.60 bits per heavy atom. The highest BCUT2D eigenvalue weighted by molar-refractivity contribution is 9.10. The predicted octanol–water partition coefficient (Wildman–Crippen LogP) is 3.96. The Morgan fingerprint density at radius 1 is 1.27 bits per heavy atom. The van der Waals surface area contributed by atoms with Crippen LogP contribution in [0.25, 0.3) is 0 Å². The normalized spacial score (nSPS) is 25.1. The van der Waals surface area contributed by atoms with E-state index >= 15 is 0 Å². The number of fused-ring (bicyclic) bond motifs is 1. The third kappa shape index (κ3) is 1.74. The van der Waals surface area contributed by atoms with Crippen molar-refractivity contribution in [2.75, 3.05) is 0 Å². The second kappa shape index (κ2) is 3.91. The maximum absolute atomic E-state index is 6.23. The summed E-state index contributed by atoms with van der Waals surface area (Å²) in [5, 5.41) is 0. The van der Waals surface area contributed by atoms with E-state index in [0.717, 1.165) is 6.42 Å². The summed E-state index contributed by atoms with van der Waals surface area (Å²) in [7, 11) is 0. The van der Waals surface area contributed by atoms with Gasteiger partial charge in [-0.3, -0.25) is 0 Å². The lowest BCUT2D eigenvalue weighted by Crippen LogP contribution is -2.22. The molecule has 0 amide bonds. The lowest BCUT2D eigenvalue weighted by molar-refractivity contribution is 0.508. The van der Waals surface area contributed by atoms with Gasteiger partial charge < -0.3 is 5.73 Å². The molecule has 2 N–H and O–H groups in total. The van der Waals surface area contributed by atoms with E-state index in [2.05, 4.69) is 42.8 Å². The van der Waals surface area contributed by atoms with E-state index in [-0.39, 0.29) is 6.04 Å². The van der Waals surface area contributed by atoms with Crippen LogP contribution in [-0.2, 0) is 0 Å². The molecule has 0 saturated carbocycles. The second-order valence-electron chi connectivity index (χ2n) is 4.71. The van der Waals surface area contributed by atoms with Crippen LogP contribution in [0.5, 0.6) is 0 Å². The number of aryl methyl sites for hydroxylation is 1. The number of hydrogen-bond donors (Lipinski definition) is 1. The Kier molecular flexibility index (Phi) is 2.91. The summed E-state index contributed by atoms with van der Waals surface area (Å²) in [6.07, 6.45) is 2.33. The van der Waals surface area contributed by atoms with Crippen LogP contribution in [0.4, 0.5) is 0 Å². The van der Waals surface area contributed by atoms with Gasteiger partial charge in [0.05, 0.1) is 0 Å². The standard InChI is InChI=1S/C13H18BrN/c1-7-4-5-11(15)13-9(3)10(14)6-8(2)12(7)13/h6-7,11H,4-5,15H2,1-3H3/t7?,11-/m1/s1. The molecule has 0 heterocycles. The Hall–Kier alpha value is -0.340. The molecule has 0 aromatic heterocycles. The molecular weight excluding hydrogens is 250 g/mol. The fourth-order valence-corrected chi connectivity index (χ4v) is 3.33. The van der Waals surface area contributed by atoms with Crippen molar-refractivity contribution in [2.24, 2.45) is 5.73 Å². The van der Waals surface area contributed by atoms with Crippen LogP contribution >= 0.6 is 15.9 Å². The van der Waals surface area contributed by atoms with Crippen LogP contribution in [0.2, 0.25) is 0 Å². The van der Waals surface area contributed by atoms with Crippen molar-refractivity contribution >= 4 is 15.9 Å². The lowest BCUT2D eigenvalue weighted by Gasteiger charge is -2.31. The molecule has 0 radical (unpaired) electrons. The molecule has 15 heavy (non-hydrogen) atoms. The van der Waals surface area contributed by atoms with Gasteiger partial charge in [-0.1, -0.05) is 22.9 Å². The predicted molar refractivity (Wildman–Crippen MR) is 68.2 cm³/mol. The molecule has 1 aliphatic rings. The molecule has 1 unspecified atom stereocenters. The first-order chi connectivity index (χ1) is 7.02. The second-order valence-corrected chi connectivity index (χ2v) is 5.57. The average molecular weight is 268 g/mol. The third-order valence-corrected chi connectivity index (χ3v) is 4.42. The van der Waals surface area contributed by atoms with E-state index in [1.807, 2.05) is 0 Å². The van der Waals surface area contributed by atoms with Gasteiger partial charge in [-0.25, -0.2) is 0 Å². The molecule has 1 aliphatic carbocycles. The lowest BCUT2D eigenvalue weighted by atomic mass is 9.77. The molecule has 0 bridgehead atoms. The van der Waals surface area contributed by atoms with Crippen molar-refractivity contribution in [3.63, 3.8) is 0 Å². The van der Waals surface area contributed by atoms with Gasteiger partial charge in [0.15, 0.2) is 0 Å². The summed E-state index contributed by atoms with van der Waals surface area (Å²) >= 11 is 3.62. The van der Waals surface area contributed by atoms with E-state index in [0.29, 0.717) is 5.92 Å². The fourth-order valence-electron chi connectivity index (χ4n) is 2.77. The van der Waals surface area contributed by atoms with Crippen molar-refractivity contribution in [3.8, 4) is 0 Å². The quantitative estimate of drug-likeness (QED) is 0.757. The van der Waals surface area contributed by atoms with Crippen molar-refractivity contribution in [2.45, 2.75) is 45.6 Å². The van der Waals surface area contributed by atoms with Gasteiger partial charge >= 0.3 is 0 Å². The maximum Gasteiger partial charge on any atom is 0.0301 e. The molecule has 1 nitrogen and oxygen atoms in total. The Balaban J connectivity index is 2.71. The van der Waals surface area contributed by atoms with Gasteiger partial charge in [-0.2, -0.15) is 0 Å². The van der Waals surface area contributed by atoms with E-state index in [1.54, 1.807) is 0 Å². The third-order valence-electron chi connectivity index (χ3n) is 3.59. The minimum Gasteiger partial charge on any atom is -0.324 e. The van der Waals surface area contributed by atoms with Crippen molar-refractivity contribution in [1.29, 1.82) is 0 Å². The van der Waals surface area contributed by atoms with Gasteiger partial charge in [-0.05, 0) is 60.9 Å². The number of halogens is 1. The van der Waals surface area contributed by atoms with Gasteiger partial charge in [-0.15, -0.1) is 0 Å². The van der Waals surface area contributed by atoms with Crippen LogP contribution in [0.15, 0.2) is 10.5 Å². The average Bonchev–Trinajstić information content (AvgIpc) is 2.18. The minimum atomic E-state index is 0.229. The molecule has 1 aromatic carbocycles. The molecule has 0 saturated heterocycles. The highest BCUT2D eigenvalue weighted by Crippen LogP contribution is 2.41.